The summed E-state index contributed by atoms with van der Waals surface area (Å²) >= 11 is 0. The van der Waals surface area contributed by atoms with Gasteiger partial charge in [-0.15, -0.1) is 0 Å². The lowest BCUT2D eigenvalue weighted by atomic mass is 10.6. The second kappa shape index (κ2) is 8.33. The number of hydrogen-bond donors (Lipinski definition) is 1. The molecule has 108 valence electrons. The Labute approximate surface area is 117 Å². The lowest BCUT2D eigenvalue weighted by Crippen LogP contribution is -2.71. The Hall–Kier alpha value is 0.134. The van der Waals surface area contributed by atoms with E-state index < -0.39 is 15.3 Å². The van der Waals surface area contributed by atoms with E-state index in [0.717, 1.165) is 6.54 Å². The van der Waals surface area contributed by atoms with Gasteiger partial charge in [-0.1, -0.05) is 70.4 Å². The fourth-order valence-electron chi connectivity index (χ4n) is 3.87. The van der Waals surface area contributed by atoms with Crippen LogP contribution in [-0.4, -0.2) is 21.9 Å². The van der Waals surface area contributed by atoms with Crippen LogP contribution in [0.4, 0.5) is 0 Å². The monoisotopic (exact) mass is 285 g/mol. The van der Waals surface area contributed by atoms with Gasteiger partial charge in [0.25, 0.3) is 0 Å². The van der Waals surface area contributed by atoms with Crippen LogP contribution in [0.25, 0.3) is 0 Å². The van der Waals surface area contributed by atoms with E-state index in [-0.39, 0.29) is 0 Å². The minimum absolute atomic E-state index is 1.14. The van der Waals surface area contributed by atoms with Crippen LogP contribution in [0.2, 0.25) is 24.2 Å². The highest BCUT2D eigenvalue weighted by Crippen LogP contribution is 2.37. The molecule has 1 N–H and O–H groups in total. The molecule has 1 atom stereocenters. The molecule has 1 nitrogen and oxygen atoms in total. The van der Waals surface area contributed by atoms with Crippen LogP contribution in [-0.2, 0) is 0 Å². The third-order valence-electron chi connectivity index (χ3n) is 5.15. The van der Waals surface area contributed by atoms with Gasteiger partial charge in [-0.2, -0.15) is 0 Å². The molecule has 0 saturated carbocycles. The predicted molar refractivity (Wildman–Crippen MR) is 91.2 cm³/mol. The molecule has 0 aliphatic heterocycles. The molecule has 18 heavy (non-hydrogen) atoms. The van der Waals surface area contributed by atoms with Crippen LogP contribution >= 0.6 is 0 Å². The third-order valence-corrected chi connectivity index (χ3v) is 25.9. The van der Waals surface area contributed by atoms with Crippen molar-refractivity contribution >= 4 is 15.3 Å². The van der Waals surface area contributed by atoms with E-state index in [1.165, 1.54) is 30.6 Å². The largest absolute Gasteiger partial charge is 0.336 e. The Bertz CT molecular complexity index is 243. The van der Waals surface area contributed by atoms with Crippen LogP contribution < -0.4 is 4.98 Å². The Morgan fingerprint density at radius 1 is 1.00 bits per heavy atom. The summed E-state index contributed by atoms with van der Waals surface area (Å²) in [5, 5.41) is 1.73. The van der Waals surface area contributed by atoms with Crippen LogP contribution in [0, 0.1) is 0 Å². The van der Waals surface area contributed by atoms with E-state index in [9.17, 15) is 0 Å². The summed E-state index contributed by atoms with van der Waals surface area (Å²) in [4.78, 5) is 4.07. The maximum Gasteiger partial charge on any atom is 0.142 e. The first-order valence-corrected chi connectivity index (χ1v) is 13.7. The first kappa shape index (κ1) is 18.1. The highest BCUT2D eigenvalue weighted by atomic mass is 29.3. The molecule has 1 unspecified atom stereocenters. The molecule has 0 heterocycles. The van der Waals surface area contributed by atoms with Gasteiger partial charge in [0.15, 0.2) is 0 Å². The normalized spacial score (nSPS) is 16.7. The van der Waals surface area contributed by atoms with Gasteiger partial charge in [0.2, 0.25) is 0 Å². The SMILES string of the molecule is C/C=C(\C)[Si](CCC)(NCC)[Si](CC)(CC)CC. The van der Waals surface area contributed by atoms with Crippen molar-refractivity contribution in [1.82, 2.24) is 4.98 Å². The van der Waals surface area contributed by atoms with Crippen molar-refractivity contribution in [3.63, 3.8) is 0 Å². The van der Waals surface area contributed by atoms with E-state index in [4.69, 9.17) is 0 Å². The van der Waals surface area contributed by atoms with Crippen molar-refractivity contribution in [2.24, 2.45) is 0 Å². The molecule has 0 fully saturated rings. The lowest BCUT2D eigenvalue weighted by molar-refractivity contribution is 0.923. The summed E-state index contributed by atoms with van der Waals surface area (Å²) in [6.45, 7) is 17.8. The molecule has 0 aromatic carbocycles. The molecule has 0 aromatic rings. The fraction of sp³-hybridized carbons (Fsp3) is 0.867. The Balaban J connectivity index is 5.78. The van der Waals surface area contributed by atoms with E-state index in [1.54, 1.807) is 5.20 Å². The van der Waals surface area contributed by atoms with Gasteiger partial charge in [-0.25, -0.2) is 0 Å². The predicted octanol–water partition coefficient (Wildman–Crippen LogP) is 5.04. The molecule has 0 aliphatic rings. The molecule has 0 aliphatic carbocycles. The molecule has 0 spiro atoms. The van der Waals surface area contributed by atoms with Gasteiger partial charge in [-0.05, 0) is 26.4 Å². The first-order valence-electron chi connectivity index (χ1n) is 7.92. The summed E-state index contributed by atoms with van der Waals surface area (Å²) in [5.74, 6) is 0. The molecule has 0 aromatic heterocycles. The molecule has 0 amide bonds. The van der Waals surface area contributed by atoms with Crippen LogP contribution in [0.5, 0.6) is 0 Å². The van der Waals surface area contributed by atoms with Crippen LogP contribution in [0.15, 0.2) is 11.3 Å². The number of nitrogens with one attached hydrogen (secondary N) is 1. The zero-order valence-corrected chi connectivity index (χ0v) is 15.8. The molecular formula is C15H35NSi2. The topological polar surface area (TPSA) is 12.0 Å². The summed E-state index contributed by atoms with van der Waals surface area (Å²) in [6, 6.07) is 5.79. The molecular weight excluding hydrogens is 250 g/mol. The van der Waals surface area contributed by atoms with Gasteiger partial charge < -0.3 is 4.98 Å². The smallest absolute Gasteiger partial charge is 0.142 e. The van der Waals surface area contributed by atoms with Crippen molar-refractivity contribution in [3.8, 4) is 0 Å². The van der Waals surface area contributed by atoms with Crippen molar-refractivity contribution < 1.29 is 0 Å². The lowest BCUT2D eigenvalue weighted by Gasteiger charge is -2.48. The minimum atomic E-state index is -1.43. The second-order valence-corrected chi connectivity index (χ2v) is 19.4. The molecule has 3 heteroatoms. The van der Waals surface area contributed by atoms with Crippen molar-refractivity contribution in [2.75, 3.05) is 6.54 Å². The van der Waals surface area contributed by atoms with Crippen molar-refractivity contribution in [2.45, 2.75) is 79.1 Å². The summed E-state index contributed by atoms with van der Waals surface area (Å²) < 4.78 is 0. The molecule has 0 saturated heterocycles. The average Bonchev–Trinajstić information content (AvgIpc) is 2.40. The first-order chi connectivity index (χ1) is 8.53. The summed E-state index contributed by atoms with van der Waals surface area (Å²) in [5.41, 5.74) is 0. The van der Waals surface area contributed by atoms with E-state index in [2.05, 4.69) is 59.5 Å². The van der Waals surface area contributed by atoms with E-state index in [1.807, 2.05) is 0 Å². The number of hydrogen-bond acceptors (Lipinski definition) is 1. The maximum atomic E-state index is 4.07. The van der Waals surface area contributed by atoms with Gasteiger partial charge in [0.05, 0.1) is 7.59 Å². The Morgan fingerprint density at radius 2 is 1.50 bits per heavy atom. The number of rotatable bonds is 9. The van der Waals surface area contributed by atoms with Gasteiger partial charge in [0.1, 0.15) is 7.75 Å². The minimum Gasteiger partial charge on any atom is -0.336 e. The van der Waals surface area contributed by atoms with Crippen LogP contribution in [0.3, 0.4) is 0 Å². The highest BCUT2D eigenvalue weighted by Gasteiger charge is 2.51. The fourth-order valence-corrected chi connectivity index (χ4v) is 24.0. The highest BCUT2D eigenvalue weighted by molar-refractivity contribution is 7.44. The zero-order valence-electron chi connectivity index (χ0n) is 13.8. The second-order valence-electron chi connectivity index (χ2n) is 5.50. The average molecular weight is 286 g/mol. The quantitative estimate of drug-likeness (QED) is 0.585. The molecule has 0 bridgehead atoms. The van der Waals surface area contributed by atoms with Crippen molar-refractivity contribution in [3.05, 3.63) is 11.3 Å². The van der Waals surface area contributed by atoms with Crippen LogP contribution in [0.1, 0.15) is 54.9 Å². The molecule has 0 radical (unpaired) electrons. The van der Waals surface area contributed by atoms with E-state index in [0.29, 0.717) is 0 Å². The summed E-state index contributed by atoms with van der Waals surface area (Å²) in [7, 11) is -2.59. The van der Waals surface area contributed by atoms with Gasteiger partial charge in [0, 0.05) is 0 Å². The third kappa shape index (κ3) is 3.17. The van der Waals surface area contributed by atoms with Crippen molar-refractivity contribution in [1.29, 1.82) is 0 Å². The summed E-state index contributed by atoms with van der Waals surface area (Å²) in [6.07, 6.45) is 3.74. The zero-order chi connectivity index (χ0) is 14.2. The standard InChI is InChI=1S/C15H35NSi2/c1-8-14-18(16-10-3,15(7)9-2)17(11-4,12-5)13-6/h9,16H,8,10-14H2,1-7H3/b15-9+. The number of allylic oxidation sites excluding steroid dienone is 2. The molecule has 0 rings (SSSR count). The van der Waals surface area contributed by atoms with Gasteiger partial charge >= 0.3 is 0 Å². The maximum absolute atomic E-state index is 4.07. The Kier molecular flexibility index (Phi) is 8.40. The van der Waals surface area contributed by atoms with E-state index >= 15 is 0 Å². The Morgan fingerprint density at radius 3 is 1.78 bits per heavy atom. The van der Waals surface area contributed by atoms with Gasteiger partial charge in [-0.3, -0.25) is 0 Å².